The predicted octanol–water partition coefficient (Wildman–Crippen LogP) is -4.50. The van der Waals surface area contributed by atoms with E-state index in [-0.39, 0.29) is 0 Å². The monoisotopic (exact) mass is 686 g/mol. The number of carbonyl (C=O) groups excluding carboxylic acids is 2. The largest absolute Gasteiger partial charge is 0.457 e. The zero-order valence-corrected chi connectivity index (χ0v) is 26.6. The summed E-state index contributed by atoms with van der Waals surface area (Å²) in [6.45, 7) is 7.90. The minimum Gasteiger partial charge on any atom is -0.457 e. The van der Waals surface area contributed by atoms with Crippen molar-refractivity contribution < 1.29 is 93.1 Å². The third kappa shape index (κ3) is 8.22. The number of carbonyl (C=O) groups is 2. The third-order valence-electron chi connectivity index (χ3n) is 8.59. The predicted molar refractivity (Wildman–Crippen MR) is 147 cm³/mol. The second-order valence-electron chi connectivity index (χ2n) is 12.2. The summed E-state index contributed by atoms with van der Waals surface area (Å²) in [6.07, 6.45) is -29.8. The number of hydrogen-bond acceptors (Lipinski definition) is 19. The number of hydrogen-bond donors (Lipinski definition) is 8. The molecule has 4 rings (SSSR count). The average Bonchev–Trinajstić information content (AvgIpc) is 2.99. The van der Waals surface area contributed by atoms with E-state index >= 15 is 0 Å². The van der Waals surface area contributed by atoms with Gasteiger partial charge in [0, 0.05) is 13.8 Å². The van der Waals surface area contributed by atoms with Crippen LogP contribution in [0, 0.1) is 0 Å². The van der Waals surface area contributed by atoms with Gasteiger partial charge in [0.2, 0.25) is 0 Å². The topological polar surface area (TPSA) is 279 Å². The fourth-order valence-electron chi connectivity index (χ4n) is 5.98. The molecule has 4 fully saturated rings. The van der Waals surface area contributed by atoms with Gasteiger partial charge in [0.15, 0.2) is 37.4 Å². The fraction of sp³-hybridized carbons (Fsp3) is 0.929. The second-order valence-corrected chi connectivity index (χ2v) is 12.2. The van der Waals surface area contributed by atoms with E-state index in [2.05, 4.69) is 0 Å². The first-order valence-corrected chi connectivity index (χ1v) is 15.3. The first-order chi connectivity index (χ1) is 21.9. The van der Waals surface area contributed by atoms with Crippen LogP contribution in [-0.2, 0) is 52.2 Å². The van der Waals surface area contributed by atoms with Crippen molar-refractivity contribution >= 4 is 11.9 Å². The van der Waals surface area contributed by atoms with Crippen molar-refractivity contribution in [2.45, 2.75) is 164 Å². The number of aliphatic hydroxyl groups excluding tert-OH is 8. The van der Waals surface area contributed by atoms with E-state index < -0.39 is 135 Å². The molecule has 8 N–H and O–H groups in total. The molecule has 47 heavy (non-hydrogen) atoms. The minimum atomic E-state index is -1.82. The normalized spacial score (nSPS) is 50.9. The summed E-state index contributed by atoms with van der Waals surface area (Å²) in [7, 11) is 0. The lowest BCUT2D eigenvalue weighted by Gasteiger charge is -2.49. The van der Waals surface area contributed by atoms with Gasteiger partial charge in [-0.25, -0.2) is 0 Å². The van der Waals surface area contributed by atoms with Crippen molar-refractivity contribution in [2.75, 3.05) is 0 Å². The SMILES string of the molecule is CC(=O)O[C@@H]1[C@@H](O[C@@H]2O[C@@H](C)[C@H](O)[C@@H](O[C@@H]3O[C@@H](C)[C@H](O)[C@@H](O)[C@H]3O)[C@H]2OC(C)=O)[C@@H](O)[C@H](O[C@@H]2[C@@H](O)[C@@H](O)C(O)O[C@H]2C)O[C@H]1C. The van der Waals surface area contributed by atoms with E-state index in [0.717, 1.165) is 13.8 Å². The summed E-state index contributed by atoms with van der Waals surface area (Å²) in [4.78, 5) is 24.3. The van der Waals surface area contributed by atoms with Gasteiger partial charge in [0.25, 0.3) is 0 Å². The van der Waals surface area contributed by atoms with Gasteiger partial charge >= 0.3 is 11.9 Å². The molecule has 19 heteroatoms. The molecule has 1 unspecified atom stereocenters. The fourth-order valence-corrected chi connectivity index (χ4v) is 5.98. The molecule has 272 valence electrons. The van der Waals surface area contributed by atoms with Crippen LogP contribution in [0.25, 0.3) is 0 Å². The van der Waals surface area contributed by atoms with Crippen molar-refractivity contribution in [1.82, 2.24) is 0 Å². The van der Waals surface area contributed by atoms with Gasteiger partial charge in [-0.15, -0.1) is 0 Å². The minimum absolute atomic E-state index is 0.781. The van der Waals surface area contributed by atoms with Crippen LogP contribution in [0.15, 0.2) is 0 Å². The number of esters is 2. The highest BCUT2D eigenvalue weighted by atomic mass is 16.8. The molecule has 4 heterocycles. The molecule has 4 aliphatic heterocycles. The number of ether oxygens (including phenoxy) is 9. The highest BCUT2D eigenvalue weighted by Crippen LogP contribution is 2.36. The number of rotatable bonds is 8. The Morgan fingerprint density at radius 3 is 1.49 bits per heavy atom. The summed E-state index contributed by atoms with van der Waals surface area (Å²) in [5.74, 6) is -1.66. The Balaban J connectivity index is 1.62. The van der Waals surface area contributed by atoms with Gasteiger partial charge < -0.3 is 83.5 Å². The lowest BCUT2D eigenvalue weighted by atomic mass is 9.96. The maximum atomic E-state index is 12.2. The molecule has 0 bridgehead atoms. The van der Waals surface area contributed by atoms with E-state index in [9.17, 15) is 50.4 Å². The van der Waals surface area contributed by atoms with Crippen LogP contribution >= 0.6 is 0 Å². The standard InChI is InChI=1S/C28H46O19/c1-7-13(31)15(33)18(36)26(40-7)46-22-14(32)8(2)41-28(24(22)44-12(6)30)47-23-19(37)27(42-10(4)21(23)43-11(5)29)45-20-9(3)39-25(38)17(35)16(20)34/h7-10,13-28,31-38H,1-6H3/t7-,8-,9-,10-,13-,14-,15+,16-,17+,18+,19+,20-,21-,22+,23-,24+,25?,26-,27-,28-/m0/s1. The number of aliphatic hydroxyl groups is 8. The Morgan fingerprint density at radius 1 is 0.426 bits per heavy atom. The molecule has 0 radical (unpaired) electrons. The summed E-state index contributed by atoms with van der Waals surface area (Å²) >= 11 is 0. The van der Waals surface area contributed by atoms with Crippen molar-refractivity contribution in [1.29, 1.82) is 0 Å². The second kappa shape index (κ2) is 15.5. The van der Waals surface area contributed by atoms with Crippen molar-refractivity contribution in [3.8, 4) is 0 Å². The van der Waals surface area contributed by atoms with Crippen LogP contribution in [-0.4, -0.2) is 176 Å². The molecule has 0 aromatic carbocycles. The molecule has 0 aromatic heterocycles. The Morgan fingerprint density at radius 2 is 0.872 bits per heavy atom. The average molecular weight is 687 g/mol. The summed E-state index contributed by atoms with van der Waals surface area (Å²) in [6, 6.07) is 0. The van der Waals surface area contributed by atoms with E-state index in [1.54, 1.807) is 0 Å². The van der Waals surface area contributed by atoms with Crippen LogP contribution < -0.4 is 0 Å². The Bertz CT molecular complexity index is 1060. The Kier molecular flexibility index (Phi) is 12.6. The molecular weight excluding hydrogens is 640 g/mol. The molecule has 0 saturated carbocycles. The maximum absolute atomic E-state index is 12.2. The molecule has 0 aliphatic carbocycles. The highest BCUT2D eigenvalue weighted by Gasteiger charge is 2.56. The van der Waals surface area contributed by atoms with Gasteiger partial charge in [-0.2, -0.15) is 0 Å². The van der Waals surface area contributed by atoms with Gasteiger partial charge in [-0.3, -0.25) is 9.59 Å². The Hall–Kier alpha value is -1.66. The van der Waals surface area contributed by atoms with Crippen molar-refractivity contribution in [3.63, 3.8) is 0 Å². The zero-order chi connectivity index (χ0) is 35.1. The van der Waals surface area contributed by atoms with E-state index in [1.165, 1.54) is 27.7 Å². The van der Waals surface area contributed by atoms with Crippen LogP contribution in [0.5, 0.6) is 0 Å². The van der Waals surface area contributed by atoms with Gasteiger partial charge in [-0.1, -0.05) is 0 Å². The lowest BCUT2D eigenvalue weighted by molar-refractivity contribution is -0.384. The quantitative estimate of drug-likeness (QED) is 0.112. The van der Waals surface area contributed by atoms with Crippen LogP contribution in [0.4, 0.5) is 0 Å². The molecule has 19 nitrogen and oxygen atoms in total. The van der Waals surface area contributed by atoms with E-state index in [1.807, 2.05) is 0 Å². The molecule has 0 aromatic rings. The van der Waals surface area contributed by atoms with Crippen LogP contribution in [0.3, 0.4) is 0 Å². The summed E-state index contributed by atoms with van der Waals surface area (Å²) < 4.78 is 50.9. The third-order valence-corrected chi connectivity index (χ3v) is 8.59. The Labute approximate surface area is 269 Å². The van der Waals surface area contributed by atoms with E-state index in [4.69, 9.17) is 42.6 Å². The molecule has 0 amide bonds. The first kappa shape index (κ1) is 38.1. The zero-order valence-electron chi connectivity index (χ0n) is 26.6. The summed E-state index contributed by atoms with van der Waals surface area (Å²) in [5, 5.41) is 83.9. The van der Waals surface area contributed by atoms with Crippen LogP contribution in [0.2, 0.25) is 0 Å². The molecule has 4 aliphatic rings. The molecular formula is C28H46O19. The van der Waals surface area contributed by atoms with Gasteiger partial charge in [0.05, 0.1) is 24.4 Å². The highest BCUT2D eigenvalue weighted by molar-refractivity contribution is 5.66. The first-order valence-electron chi connectivity index (χ1n) is 15.3. The molecule has 20 atom stereocenters. The lowest BCUT2D eigenvalue weighted by Crippen LogP contribution is -2.67. The maximum Gasteiger partial charge on any atom is 0.303 e. The van der Waals surface area contributed by atoms with Gasteiger partial charge in [0.1, 0.15) is 61.0 Å². The van der Waals surface area contributed by atoms with E-state index in [0.29, 0.717) is 0 Å². The molecule has 0 spiro atoms. The van der Waals surface area contributed by atoms with Crippen LogP contribution in [0.1, 0.15) is 41.5 Å². The van der Waals surface area contributed by atoms with Gasteiger partial charge in [-0.05, 0) is 27.7 Å². The summed E-state index contributed by atoms with van der Waals surface area (Å²) in [5.41, 5.74) is 0. The van der Waals surface area contributed by atoms with Crippen molar-refractivity contribution in [2.24, 2.45) is 0 Å². The van der Waals surface area contributed by atoms with Crippen molar-refractivity contribution in [3.05, 3.63) is 0 Å². The smallest absolute Gasteiger partial charge is 0.303 e. The molecule has 4 saturated heterocycles.